The molecule has 0 atom stereocenters. The minimum atomic E-state index is -1.39. The van der Waals surface area contributed by atoms with Crippen LogP contribution in [0.1, 0.15) is 33.3 Å². The number of carbonyl (C=O) groups is 1. The highest BCUT2D eigenvalue weighted by Crippen LogP contribution is 2.38. The molecular weight excluding hydrogens is 304 g/mol. The molecular formula is C16H27ClOSSi. The Morgan fingerprint density at radius 1 is 1.20 bits per heavy atom. The summed E-state index contributed by atoms with van der Waals surface area (Å²) in [5.74, 6) is 0.215. The predicted molar refractivity (Wildman–Crippen MR) is 95.7 cm³/mol. The maximum atomic E-state index is 10.8. The van der Waals surface area contributed by atoms with E-state index in [1.165, 1.54) is 4.90 Å². The SMILES string of the molecule is CC(C)(C)[Si](C)(C)Cl.CSc1ccc(CC(C)=O)cc1. The van der Waals surface area contributed by atoms with E-state index in [0.29, 0.717) is 11.5 Å². The van der Waals surface area contributed by atoms with E-state index in [4.69, 9.17) is 11.1 Å². The third kappa shape index (κ3) is 8.13. The zero-order valence-electron chi connectivity index (χ0n) is 13.7. The summed E-state index contributed by atoms with van der Waals surface area (Å²) in [6.07, 6.45) is 2.59. The molecule has 0 aromatic heterocycles. The molecule has 114 valence electrons. The van der Waals surface area contributed by atoms with Crippen LogP contribution >= 0.6 is 22.8 Å². The van der Waals surface area contributed by atoms with Crippen LogP contribution in [0.15, 0.2) is 29.2 Å². The number of hydrogen-bond acceptors (Lipinski definition) is 2. The molecule has 0 spiro atoms. The van der Waals surface area contributed by atoms with Gasteiger partial charge in [0, 0.05) is 11.3 Å². The normalized spacial score (nSPS) is 11.6. The maximum Gasteiger partial charge on any atom is 0.155 e. The third-order valence-corrected chi connectivity index (χ3v) is 9.41. The van der Waals surface area contributed by atoms with E-state index in [2.05, 4.69) is 33.9 Å². The second kappa shape index (κ2) is 8.25. The molecule has 0 unspecified atom stereocenters. The molecule has 0 saturated carbocycles. The van der Waals surface area contributed by atoms with E-state index < -0.39 is 7.38 Å². The Kier molecular flexibility index (Phi) is 8.15. The van der Waals surface area contributed by atoms with Gasteiger partial charge in [0.15, 0.2) is 7.38 Å². The Bertz CT molecular complexity index is 404. The average molecular weight is 331 g/mol. The molecule has 20 heavy (non-hydrogen) atoms. The molecule has 0 heterocycles. The summed E-state index contributed by atoms with van der Waals surface area (Å²) in [5.41, 5.74) is 1.10. The number of benzene rings is 1. The van der Waals surface area contributed by atoms with Gasteiger partial charge in [-0.05, 0) is 35.9 Å². The van der Waals surface area contributed by atoms with Crippen LogP contribution in [0.25, 0.3) is 0 Å². The summed E-state index contributed by atoms with van der Waals surface area (Å²) in [6, 6.07) is 8.10. The van der Waals surface area contributed by atoms with Crippen molar-refractivity contribution in [2.24, 2.45) is 0 Å². The van der Waals surface area contributed by atoms with E-state index in [-0.39, 0.29) is 5.78 Å². The predicted octanol–water partition coefficient (Wildman–Crippen LogP) is 5.77. The number of thioether (sulfide) groups is 1. The molecule has 0 N–H and O–H groups in total. The Labute approximate surface area is 134 Å². The van der Waals surface area contributed by atoms with Crippen LogP contribution in [0.5, 0.6) is 0 Å². The van der Waals surface area contributed by atoms with Gasteiger partial charge < -0.3 is 0 Å². The molecule has 0 amide bonds. The van der Waals surface area contributed by atoms with Crippen molar-refractivity contribution in [1.29, 1.82) is 0 Å². The molecule has 1 aromatic carbocycles. The molecule has 1 aromatic rings. The van der Waals surface area contributed by atoms with Gasteiger partial charge >= 0.3 is 0 Å². The second-order valence-electron chi connectivity index (χ2n) is 6.45. The van der Waals surface area contributed by atoms with Crippen LogP contribution in [0.3, 0.4) is 0 Å². The summed E-state index contributed by atoms with van der Waals surface area (Å²) in [5, 5.41) is 0.342. The zero-order valence-corrected chi connectivity index (χ0v) is 16.3. The van der Waals surface area contributed by atoms with Gasteiger partial charge in [-0.25, -0.2) is 0 Å². The van der Waals surface area contributed by atoms with Crippen molar-refractivity contribution in [3.05, 3.63) is 29.8 Å². The Hall–Kier alpha value is -0.253. The van der Waals surface area contributed by atoms with Gasteiger partial charge in [-0.1, -0.05) is 46.0 Å². The maximum absolute atomic E-state index is 10.8. The fraction of sp³-hybridized carbons (Fsp3) is 0.562. The molecule has 4 heteroatoms. The van der Waals surface area contributed by atoms with Gasteiger partial charge in [0.2, 0.25) is 0 Å². The number of halogens is 1. The monoisotopic (exact) mass is 330 g/mol. The largest absolute Gasteiger partial charge is 0.300 e. The molecule has 0 aliphatic rings. The Morgan fingerprint density at radius 3 is 1.85 bits per heavy atom. The third-order valence-electron chi connectivity index (χ3n) is 3.40. The topological polar surface area (TPSA) is 17.1 Å². The Balaban J connectivity index is 0.000000396. The Morgan fingerprint density at radius 2 is 1.60 bits per heavy atom. The summed E-state index contributed by atoms with van der Waals surface area (Å²) in [7, 11) is -1.39. The van der Waals surface area contributed by atoms with Crippen molar-refractivity contribution >= 4 is 36.0 Å². The number of hydrogen-bond donors (Lipinski definition) is 0. The van der Waals surface area contributed by atoms with Crippen molar-refractivity contribution in [2.75, 3.05) is 6.26 Å². The van der Waals surface area contributed by atoms with Crippen LogP contribution < -0.4 is 0 Å². The van der Waals surface area contributed by atoms with Crippen LogP contribution in [-0.2, 0) is 11.2 Å². The van der Waals surface area contributed by atoms with Gasteiger partial charge in [-0.2, -0.15) is 11.1 Å². The lowest BCUT2D eigenvalue weighted by atomic mass is 10.1. The fourth-order valence-corrected chi connectivity index (χ4v) is 1.44. The van der Waals surface area contributed by atoms with Crippen LogP contribution in [0.2, 0.25) is 18.1 Å². The molecule has 0 bridgehead atoms. The molecule has 0 fully saturated rings. The smallest absolute Gasteiger partial charge is 0.155 e. The van der Waals surface area contributed by atoms with E-state index in [9.17, 15) is 4.79 Å². The molecule has 0 aliphatic carbocycles. The molecule has 0 radical (unpaired) electrons. The molecule has 1 nitrogen and oxygen atoms in total. The standard InChI is InChI=1S/C10H12OS.C6H15ClSi/c1-8(11)7-9-3-5-10(12-2)6-4-9;1-6(2,3)8(4,5)7/h3-6H,7H2,1-2H3;1-5H3. The van der Waals surface area contributed by atoms with Gasteiger partial charge in [-0.3, -0.25) is 4.79 Å². The number of Topliss-reactive ketones (excluding diaryl/α,β-unsaturated/α-hetero) is 1. The fourth-order valence-electron chi connectivity index (χ4n) is 1.03. The van der Waals surface area contributed by atoms with E-state index in [1.54, 1.807) is 18.7 Å². The van der Waals surface area contributed by atoms with Crippen LogP contribution in [0.4, 0.5) is 0 Å². The second-order valence-corrected chi connectivity index (χ2v) is 14.6. The summed E-state index contributed by atoms with van der Waals surface area (Å²) in [4.78, 5) is 12.0. The molecule has 1 rings (SSSR count). The summed E-state index contributed by atoms with van der Waals surface area (Å²) < 4.78 is 0. The van der Waals surface area contributed by atoms with Crippen molar-refractivity contribution in [3.8, 4) is 0 Å². The lowest BCUT2D eigenvalue weighted by Gasteiger charge is -2.29. The zero-order chi connectivity index (χ0) is 16.0. The van der Waals surface area contributed by atoms with E-state index in [1.807, 2.05) is 30.5 Å². The van der Waals surface area contributed by atoms with Gasteiger partial charge in [0.1, 0.15) is 5.78 Å². The highest BCUT2D eigenvalue weighted by atomic mass is 35.6. The van der Waals surface area contributed by atoms with Gasteiger partial charge in [0.05, 0.1) is 0 Å². The lowest BCUT2D eigenvalue weighted by molar-refractivity contribution is -0.116. The highest BCUT2D eigenvalue weighted by molar-refractivity contribution is 7.98. The van der Waals surface area contributed by atoms with Crippen molar-refractivity contribution in [1.82, 2.24) is 0 Å². The average Bonchev–Trinajstić information content (AvgIpc) is 2.27. The summed E-state index contributed by atoms with van der Waals surface area (Å²) >= 11 is 7.86. The first-order valence-corrected chi connectivity index (χ1v) is 12.0. The van der Waals surface area contributed by atoms with Crippen molar-refractivity contribution in [2.45, 2.75) is 57.1 Å². The van der Waals surface area contributed by atoms with E-state index >= 15 is 0 Å². The number of rotatable bonds is 3. The highest BCUT2D eigenvalue weighted by Gasteiger charge is 2.32. The first kappa shape index (κ1) is 19.7. The van der Waals surface area contributed by atoms with Crippen LogP contribution in [-0.4, -0.2) is 19.4 Å². The van der Waals surface area contributed by atoms with Gasteiger partial charge in [0.25, 0.3) is 0 Å². The first-order chi connectivity index (χ1) is 8.97. The minimum Gasteiger partial charge on any atom is -0.300 e. The molecule has 0 saturated heterocycles. The quantitative estimate of drug-likeness (QED) is 0.397. The number of ketones is 1. The number of carbonyl (C=O) groups excluding carboxylic acids is 1. The molecule has 0 aliphatic heterocycles. The van der Waals surface area contributed by atoms with Crippen LogP contribution in [0, 0.1) is 0 Å². The van der Waals surface area contributed by atoms with Crippen molar-refractivity contribution < 1.29 is 4.79 Å². The minimum absolute atomic E-state index is 0.215. The summed E-state index contributed by atoms with van der Waals surface area (Å²) in [6.45, 7) is 12.6. The van der Waals surface area contributed by atoms with Crippen molar-refractivity contribution in [3.63, 3.8) is 0 Å². The lowest BCUT2D eigenvalue weighted by Crippen LogP contribution is -2.29. The van der Waals surface area contributed by atoms with Gasteiger partial charge in [-0.15, -0.1) is 11.8 Å². The van der Waals surface area contributed by atoms with E-state index in [0.717, 1.165) is 5.56 Å². The first-order valence-electron chi connectivity index (χ1n) is 6.78.